The van der Waals surface area contributed by atoms with Gasteiger partial charge in [-0.2, -0.15) is 0 Å². The van der Waals surface area contributed by atoms with E-state index in [1.54, 1.807) is 11.8 Å². The SMILES string of the molecule is CCN(C(=O)c1cnoc1C)C1CCS(=O)(=O)C1. The van der Waals surface area contributed by atoms with Crippen molar-refractivity contribution in [3.05, 3.63) is 17.5 Å². The van der Waals surface area contributed by atoms with Gasteiger partial charge in [-0.1, -0.05) is 5.16 Å². The third-order valence-electron chi connectivity index (χ3n) is 3.23. The van der Waals surface area contributed by atoms with Gasteiger partial charge in [0.05, 0.1) is 17.7 Å². The van der Waals surface area contributed by atoms with E-state index < -0.39 is 9.84 Å². The molecule has 1 aromatic rings. The van der Waals surface area contributed by atoms with E-state index in [1.165, 1.54) is 6.20 Å². The first-order chi connectivity index (χ1) is 8.44. The van der Waals surface area contributed by atoms with E-state index in [0.717, 1.165) is 0 Å². The lowest BCUT2D eigenvalue weighted by Gasteiger charge is -2.26. The molecule has 1 aliphatic rings. The highest BCUT2D eigenvalue weighted by Crippen LogP contribution is 2.20. The molecule has 1 aliphatic heterocycles. The smallest absolute Gasteiger partial charge is 0.259 e. The molecule has 0 aliphatic carbocycles. The predicted octanol–water partition coefficient (Wildman–Crippen LogP) is 0.632. The number of sulfone groups is 1. The van der Waals surface area contributed by atoms with Gasteiger partial charge in [0.2, 0.25) is 0 Å². The molecule has 1 amide bonds. The molecule has 0 spiro atoms. The van der Waals surface area contributed by atoms with Crippen LogP contribution in [0, 0.1) is 6.92 Å². The van der Waals surface area contributed by atoms with Crippen LogP contribution in [0.3, 0.4) is 0 Å². The van der Waals surface area contributed by atoms with E-state index in [1.807, 2.05) is 6.92 Å². The minimum atomic E-state index is -3.00. The van der Waals surface area contributed by atoms with Gasteiger partial charge < -0.3 is 9.42 Å². The lowest BCUT2D eigenvalue weighted by atomic mass is 10.1. The Morgan fingerprint density at radius 2 is 2.33 bits per heavy atom. The van der Waals surface area contributed by atoms with Gasteiger partial charge in [0.1, 0.15) is 11.3 Å². The van der Waals surface area contributed by atoms with Crippen LogP contribution in [0.1, 0.15) is 29.5 Å². The molecule has 1 fully saturated rings. The molecule has 0 bridgehead atoms. The summed E-state index contributed by atoms with van der Waals surface area (Å²) < 4.78 is 27.8. The van der Waals surface area contributed by atoms with Gasteiger partial charge in [-0.25, -0.2) is 8.42 Å². The summed E-state index contributed by atoms with van der Waals surface area (Å²) in [5.74, 6) is 0.457. The van der Waals surface area contributed by atoms with Crippen LogP contribution in [0.5, 0.6) is 0 Å². The quantitative estimate of drug-likeness (QED) is 0.806. The second-order valence-corrected chi connectivity index (χ2v) is 6.67. The Morgan fingerprint density at radius 3 is 2.78 bits per heavy atom. The zero-order valence-corrected chi connectivity index (χ0v) is 11.2. The predicted molar refractivity (Wildman–Crippen MR) is 65.0 cm³/mol. The van der Waals surface area contributed by atoms with Crippen molar-refractivity contribution in [1.82, 2.24) is 10.1 Å². The van der Waals surface area contributed by atoms with Gasteiger partial charge in [-0.05, 0) is 20.3 Å². The molecule has 2 heterocycles. The second kappa shape index (κ2) is 4.72. The molecule has 2 rings (SSSR count). The number of rotatable bonds is 3. The first-order valence-corrected chi connectivity index (χ1v) is 7.69. The molecule has 18 heavy (non-hydrogen) atoms. The monoisotopic (exact) mass is 272 g/mol. The molecule has 1 saturated heterocycles. The lowest BCUT2D eigenvalue weighted by Crippen LogP contribution is -2.41. The number of hydrogen-bond donors (Lipinski definition) is 0. The Bertz CT molecular complexity index is 549. The largest absolute Gasteiger partial charge is 0.361 e. The van der Waals surface area contributed by atoms with Crippen molar-refractivity contribution < 1.29 is 17.7 Å². The summed E-state index contributed by atoms with van der Waals surface area (Å²) in [6.45, 7) is 3.98. The third-order valence-corrected chi connectivity index (χ3v) is 4.98. The fourth-order valence-electron chi connectivity index (χ4n) is 2.25. The molecule has 1 unspecified atom stereocenters. The van der Waals surface area contributed by atoms with Crippen LogP contribution in [0.2, 0.25) is 0 Å². The molecule has 100 valence electrons. The molecular weight excluding hydrogens is 256 g/mol. The van der Waals surface area contributed by atoms with E-state index in [2.05, 4.69) is 5.16 Å². The molecule has 0 N–H and O–H groups in total. The zero-order chi connectivity index (χ0) is 13.3. The van der Waals surface area contributed by atoms with Gasteiger partial charge in [0.25, 0.3) is 5.91 Å². The maximum absolute atomic E-state index is 12.3. The van der Waals surface area contributed by atoms with E-state index in [9.17, 15) is 13.2 Å². The molecule has 0 radical (unpaired) electrons. The van der Waals surface area contributed by atoms with Crippen molar-refractivity contribution in [2.75, 3.05) is 18.1 Å². The molecule has 0 aromatic carbocycles. The number of aromatic nitrogens is 1. The number of nitrogens with zero attached hydrogens (tertiary/aromatic N) is 2. The topological polar surface area (TPSA) is 80.5 Å². The van der Waals surface area contributed by atoms with Crippen molar-refractivity contribution in [2.24, 2.45) is 0 Å². The number of carbonyl (C=O) groups is 1. The van der Waals surface area contributed by atoms with Crippen LogP contribution >= 0.6 is 0 Å². The van der Waals surface area contributed by atoms with Crippen LogP contribution in [-0.2, 0) is 9.84 Å². The Balaban J connectivity index is 2.20. The summed E-state index contributed by atoms with van der Waals surface area (Å²) in [5.41, 5.74) is 0.404. The van der Waals surface area contributed by atoms with Crippen LogP contribution in [0.15, 0.2) is 10.7 Å². The molecular formula is C11H16N2O4S. The molecule has 6 nitrogen and oxygen atoms in total. The summed E-state index contributed by atoms with van der Waals surface area (Å²) in [6, 6.07) is -0.234. The lowest BCUT2D eigenvalue weighted by molar-refractivity contribution is 0.0706. The number of hydrogen-bond acceptors (Lipinski definition) is 5. The Hall–Kier alpha value is -1.37. The third kappa shape index (κ3) is 2.40. The minimum Gasteiger partial charge on any atom is -0.361 e. The van der Waals surface area contributed by atoms with E-state index in [4.69, 9.17) is 4.52 Å². The Labute approximate surface area is 106 Å². The zero-order valence-electron chi connectivity index (χ0n) is 10.4. The maximum Gasteiger partial charge on any atom is 0.259 e. The fourth-order valence-corrected chi connectivity index (χ4v) is 3.98. The van der Waals surface area contributed by atoms with Crippen molar-refractivity contribution in [3.63, 3.8) is 0 Å². The average molecular weight is 272 g/mol. The highest BCUT2D eigenvalue weighted by Gasteiger charge is 2.35. The Kier molecular flexibility index (Phi) is 3.43. The van der Waals surface area contributed by atoms with E-state index >= 15 is 0 Å². The minimum absolute atomic E-state index is 0.0525. The van der Waals surface area contributed by atoms with Gasteiger partial charge in [0.15, 0.2) is 9.84 Å². The van der Waals surface area contributed by atoms with Gasteiger partial charge in [-0.3, -0.25) is 4.79 Å². The van der Waals surface area contributed by atoms with Gasteiger partial charge in [-0.15, -0.1) is 0 Å². The number of carbonyl (C=O) groups excluding carboxylic acids is 1. The molecule has 0 saturated carbocycles. The average Bonchev–Trinajstić information content (AvgIpc) is 2.86. The Morgan fingerprint density at radius 1 is 1.61 bits per heavy atom. The number of aryl methyl sites for hydroxylation is 1. The summed E-state index contributed by atoms with van der Waals surface area (Å²) in [4.78, 5) is 13.9. The van der Waals surface area contributed by atoms with Crippen molar-refractivity contribution in [1.29, 1.82) is 0 Å². The van der Waals surface area contributed by atoms with Crippen LogP contribution in [0.4, 0.5) is 0 Å². The van der Waals surface area contributed by atoms with Crippen molar-refractivity contribution in [3.8, 4) is 0 Å². The van der Waals surface area contributed by atoms with E-state index in [-0.39, 0.29) is 23.5 Å². The summed E-state index contributed by atoms with van der Waals surface area (Å²) in [5, 5.41) is 3.57. The summed E-state index contributed by atoms with van der Waals surface area (Å²) in [7, 11) is -3.00. The highest BCUT2D eigenvalue weighted by molar-refractivity contribution is 7.91. The van der Waals surface area contributed by atoms with Crippen LogP contribution in [-0.4, -0.2) is 48.5 Å². The van der Waals surface area contributed by atoms with Crippen molar-refractivity contribution >= 4 is 15.7 Å². The van der Waals surface area contributed by atoms with Gasteiger partial charge in [0, 0.05) is 12.6 Å². The maximum atomic E-state index is 12.3. The number of amides is 1. The fraction of sp³-hybridized carbons (Fsp3) is 0.636. The second-order valence-electron chi connectivity index (χ2n) is 4.44. The normalized spacial score (nSPS) is 22.0. The first kappa shape index (κ1) is 13.1. The summed E-state index contributed by atoms with van der Waals surface area (Å²) >= 11 is 0. The van der Waals surface area contributed by atoms with Crippen LogP contribution < -0.4 is 0 Å². The van der Waals surface area contributed by atoms with Crippen LogP contribution in [0.25, 0.3) is 0 Å². The van der Waals surface area contributed by atoms with Crippen molar-refractivity contribution in [2.45, 2.75) is 26.3 Å². The van der Waals surface area contributed by atoms with Gasteiger partial charge >= 0.3 is 0 Å². The molecule has 7 heteroatoms. The highest BCUT2D eigenvalue weighted by atomic mass is 32.2. The van der Waals surface area contributed by atoms with E-state index in [0.29, 0.717) is 24.3 Å². The summed E-state index contributed by atoms with van der Waals surface area (Å²) in [6.07, 6.45) is 1.88. The molecule has 1 aromatic heterocycles. The first-order valence-electron chi connectivity index (χ1n) is 5.87. The standard InChI is InChI=1S/C11H16N2O4S/c1-3-13(9-4-5-18(15,16)7-9)11(14)10-6-12-17-8(10)2/h6,9H,3-5,7H2,1-2H3. The molecule has 1 atom stereocenters.